The van der Waals surface area contributed by atoms with Gasteiger partial charge in [-0.15, -0.1) is 0 Å². The van der Waals surface area contributed by atoms with Crippen LogP contribution < -0.4 is 5.32 Å². The largest absolute Gasteiger partial charge is 0.368 e. The molecule has 0 radical (unpaired) electrons. The first-order valence-corrected chi connectivity index (χ1v) is 7.35. The fourth-order valence-corrected chi connectivity index (χ4v) is 2.50. The Hall–Kier alpha value is -1.65. The van der Waals surface area contributed by atoms with Gasteiger partial charge in [0.1, 0.15) is 0 Å². The van der Waals surface area contributed by atoms with Gasteiger partial charge in [0.25, 0.3) is 5.91 Å². The molecule has 1 saturated heterocycles. The Balaban J connectivity index is 2.14. The number of likely N-dealkylation sites (tertiary alicyclic amines) is 1. The molecule has 2 rings (SSSR count). The highest BCUT2D eigenvalue weighted by Crippen LogP contribution is 2.23. The number of pyridine rings is 1. The summed E-state index contributed by atoms with van der Waals surface area (Å²) in [5.74, 6) is -0.0447. The maximum absolute atomic E-state index is 14.3. The van der Waals surface area contributed by atoms with Crippen molar-refractivity contribution in [3.8, 4) is 0 Å². The van der Waals surface area contributed by atoms with Crippen LogP contribution in [0, 0.1) is 11.7 Å². The number of amides is 1. The van der Waals surface area contributed by atoms with E-state index in [4.69, 9.17) is 0 Å². The third kappa shape index (κ3) is 3.08. The van der Waals surface area contributed by atoms with Crippen LogP contribution in [0.1, 0.15) is 43.5 Å². The molecule has 1 aromatic rings. The molecule has 5 heteroatoms. The van der Waals surface area contributed by atoms with E-state index in [2.05, 4.69) is 17.2 Å². The minimum atomic E-state index is -0.536. The van der Waals surface area contributed by atoms with E-state index in [1.54, 1.807) is 4.90 Å². The number of anilines is 1. The van der Waals surface area contributed by atoms with Crippen LogP contribution in [0.15, 0.2) is 12.3 Å². The number of nitrogens with zero attached hydrogens (tertiary/aromatic N) is 2. The van der Waals surface area contributed by atoms with Gasteiger partial charge in [0, 0.05) is 25.8 Å². The van der Waals surface area contributed by atoms with Gasteiger partial charge in [0.15, 0.2) is 11.6 Å². The first-order valence-electron chi connectivity index (χ1n) is 7.35. The number of hydrogen-bond acceptors (Lipinski definition) is 3. The van der Waals surface area contributed by atoms with E-state index < -0.39 is 5.82 Å². The number of nitrogens with one attached hydrogen (secondary N) is 1. The number of carbonyl (C=O) groups is 1. The van der Waals surface area contributed by atoms with E-state index in [-0.39, 0.29) is 17.3 Å². The lowest BCUT2D eigenvalue weighted by molar-refractivity contribution is 0.0782. The van der Waals surface area contributed by atoms with Gasteiger partial charge < -0.3 is 10.2 Å². The normalized spacial score (nSPS) is 18.4. The maximum Gasteiger partial charge on any atom is 0.257 e. The average molecular weight is 279 g/mol. The molecule has 20 heavy (non-hydrogen) atoms. The second-order valence-electron chi connectivity index (χ2n) is 5.26. The van der Waals surface area contributed by atoms with Crippen LogP contribution in [0.25, 0.3) is 0 Å². The van der Waals surface area contributed by atoms with E-state index >= 15 is 0 Å². The number of aromatic nitrogens is 1. The van der Waals surface area contributed by atoms with Crippen LogP contribution in [-0.2, 0) is 0 Å². The minimum Gasteiger partial charge on any atom is -0.368 e. The van der Waals surface area contributed by atoms with Crippen molar-refractivity contribution in [2.45, 2.75) is 33.1 Å². The van der Waals surface area contributed by atoms with E-state index in [9.17, 15) is 9.18 Å². The van der Waals surface area contributed by atoms with Crippen LogP contribution >= 0.6 is 0 Å². The number of rotatable bonds is 5. The minimum absolute atomic E-state index is 0.121. The molecule has 1 N–H and O–H groups in total. The molecule has 0 bridgehead atoms. The Morgan fingerprint density at radius 1 is 1.55 bits per heavy atom. The first kappa shape index (κ1) is 14.8. The van der Waals surface area contributed by atoms with Crippen molar-refractivity contribution in [3.63, 3.8) is 0 Å². The second kappa shape index (κ2) is 6.68. The summed E-state index contributed by atoms with van der Waals surface area (Å²) in [6.07, 6.45) is 4.44. The number of carbonyl (C=O) groups excluding carboxylic acids is 1. The molecule has 0 aromatic carbocycles. The lowest BCUT2D eigenvalue weighted by Crippen LogP contribution is -2.29. The zero-order valence-corrected chi connectivity index (χ0v) is 12.2. The van der Waals surface area contributed by atoms with E-state index in [1.165, 1.54) is 12.3 Å². The highest BCUT2D eigenvalue weighted by Gasteiger charge is 2.28. The van der Waals surface area contributed by atoms with Crippen molar-refractivity contribution in [2.24, 2.45) is 5.92 Å². The SMILES string of the molecule is CCCNc1nccc(C(=O)N2CCC(CC)C2)c1F. The van der Waals surface area contributed by atoms with Gasteiger partial charge in [-0.2, -0.15) is 0 Å². The zero-order chi connectivity index (χ0) is 14.5. The van der Waals surface area contributed by atoms with Crippen LogP contribution in [0.3, 0.4) is 0 Å². The summed E-state index contributed by atoms with van der Waals surface area (Å²) in [6, 6.07) is 1.47. The number of hydrogen-bond donors (Lipinski definition) is 1. The fraction of sp³-hybridized carbons (Fsp3) is 0.600. The third-order valence-corrected chi connectivity index (χ3v) is 3.81. The van der Waals surface area contributed by atoms with Crippen molar-refractivity contribution in [1.29, 1.82) is 0 Å². The summed E-state index contributed by atoms with van der Waals surface area (Å²) in [7, 11) is 0. The number of halogens is 1. The summed E-state index contributed by atoms with van der Waals surface area (Å²) in [5.41, 5.74) is 0.121. The van der Waals surface area contributed by atoms with Gasteiger partial charge in [0.2, 0.25) is 0 Å². The highest BCUT2D eigenvalue weighted by atomic mass is 19.1. The predicted octanol–water partition coefficient (Wildman–Crippen LogP) is 2.91. The molecule has 1 fully saturated rings. The summed E-state index contributed by atoms with van der Waals surface area (Å²) in [5, 5.41) is 2.91. The van der Waals surface area contributed by atoms with Gasteiger partial charge >= 0.3 is 0 Å². The van der Waals surface area contributed by atoms with Crippen molar-refractivity contribution >= 4 is 11.7 Å². The van der Waals surface area contributed by atoms with Crippen molar-refractivity contribution in [1.82, 2.24) is 9.88 Å². The van der Waals surface area contributed by atoms with Crippen LogP contribution in [0.5, 0.6) is 0 Å². The summed E-state index contributed by atoms with van der Waals surface area (Å²) >= 11 is 0. The highest BCUT2D eigenvalue weighted by molar-refractivity contribution is 5.95. The molecule has 1 amide bonds. The Morgan fingerprint density at radius 2 is 2.35 bits per heavy atom. The Labute approximate surface area is 119 Å². The van der Waals surface area contributed by atoms with Gasteiger partial charge in [-0.25, -0.2) is 9.37 Å². The molecular weight excluding hydrogens is 257 g/mol. The van der Waals surface area contributed by atoms with Gasteiger partial charge in [-0.1, -0.05) is 20.3 Å². The van der Waals surface area contributed by atoms with Crippen LogP contribution in [0.2, 0.25) is 0 Å². The monoisotopic (exact) mass is 279 g/mol. The molecule has 110 valence electrons. The first-order chi connectivity index (χ1) is 9.67. The zero-order valence-electron chi connectivity index (χ0n) is 12.2. The molecule has 4 nitrogen and oxygen atoms in total. The van der Waals surface area contributed by atoms with E-state index in [0.717, 1.165) is 32.4 Å². The molecular formula is C15H22FN3O. The average Bonchev–Trinajstić information content (AvgIpc) is 2.94. The molecule has 0 aliphatic carbocycles. The molecule has 1 atom stereocenters. The molecule has 0 saturated carbocycles. The van der Waals surface area contributed by atoms with Crippen molar-refractivity contribution < 1.29 is 9.18 Å². The molecule has 1 aliphatic heterocycles. The topological polar surface area (TPSA) is 45.2 Å². The van der Waals surface area contributed by atoms with E-state index in [0.29, 0.717) is 12.5 Å². The van der Waals surface area contributed by atoms with Gasteiger partial charge in [-0.05, 0) is 24.8 Å². The van der Waals surface area contributed by atoms with Crippen LogP contribution in [-0.4, -0.2) is 35.4 Å². The lowest BCUT2D eigenvalue weighted by Gasteiger charge is -2.17. The summed E-state index contributed by atoms with van der Waals surface area (Å²) in [4.78, 5) is 18.1. The quantitative estimate of drug-likeness (QED) is 0.901. The fourth-order valence-electron chi connectivity index (χ4n) is 2.50. The molecule has 1 aliphatic rings. The Bertz CT molecular complexity index is 478. The third-order valence-electron chi connectivity index (χ3n) is 3.81. The van der Waals surface area contributed by atoms with Gasteiger partial charge in [-0.3, -0.25) is 4.79 Å². The summed E-state index contributed by atoms with van der Waals surface area (Å²) < 4.78 is 14.3. The lowest BCUT2D eigenvalue weighted by atomic mass is 10.1. The van der Waals surface area contributed by atoms with Crippen molar-refractivity contribution in [2.75, 3.05) is 25.0 Å². The van der Waals surface area contributed by atoms with Crippen LogP contribution in [0.4, 0.5) is 10.2 Å². The molecule has 1 unspecified atom stereocenters. The standard InChI is InChI=1S/C15H22FN3O/c1-3-7-17-14-13(16)12(5-8-18-14)15(20)19-9-6-11(4-2)10-19/h5,8,11H,3-4,6-7,9-10H2,1-2H3,(H,17,18). The Kier molecular flexibility index (Phi) is 4.93. The van der Waals surface area contributed by atoms with E-state index in [1.807, 2.05) is 6.92 Å². The molecule has 2 heterocycles. The smallest absolute Gasteiger partial charge is 0.257 e. The Morgan fingerprint density at radius 3 is 3.00 bits per heavy atom. The summed E-state index contributed by atoms with van der Waals surface area (Å²) in [6.45, 7) is 6.21. The maximum atomic E-state index is 14.3. The van der Waals surface area contributed by atoms with Crippen molar-refractivity contribution in [3.05, 3.63) is 23.6 Å². The molecule has 1 aromatic heterocycles. The molecule has 0 spiro atoms. The second-order valence-corrected chi connectivity index (χ2v) is 5.26. The predicted molar refractivity (Wildman–Crippen MR) is 77.3 cm³/mol. The van der Waals surface area contributed by atoms with Gasteiger partial charge in [0.05, 0.1) is 5.56 Å².